The lowest BCUT2D eigenvalue weighted by Crippen LogP contribution is -2.49. The van der Waals surface area contributed by atoms with Crippen LogP contribution in [0.4, 0.5) is 0 Å². The molecule has 6 N–H and O–H groups in total. The number of amides is 4. The molecule has 0 heterocycles. The van der Waals surface area contributed by atoms with E-state index in [2.05, 4.69) is 59.6 Å². The molecule has 0 fully saturated rings. The minimum atomic E-state index is -0.859. The van der Waals surface area contributed by atoms with Crippen molar-refractivity contribution < 1.29 is 91.1 Å². The van der Waals surface area contributed by atoms with Crippen molar-refractivity contribution in [3.05, 3.63) is 34.9 Å². The molecule has 0 saturated heterocycles. The van der Waals surface area contributed by atoms with Gasteiger partial charge in [-0.2, -0.15) is 0 Å². The largest absolute Gasteiger partial charge is 0.346 e. The number of ketones is 15. The summed E-state index contributed by atoms with van der Waals surface area (Å²) in [4.78, 5) is 241. The van der Waals surface area contributed by atoms with Crippen LogP contribution in [-0.2, 0) is 87.9 Å². The van der Waals surface area contributed by atoms with Gasteiger partial charge in [0.15, 0.2) is 52.0 Å². The molecule has 810 valence electrons. The highest BCUT2D eigenvalue weighted by molar-refractivity contribution is 6.03. The molecule has 0 aliphatic rings. The van der Waals surface area contributed by atoms with Gasteiger partial charge >= 0.3 is 0 Å². The topological polar surface area (TPSA) is 406 Å². The first kappa shape index (κ1) is 139. The van der Waals surface area contributed by atoms with E-state index in [0.717, 1.165) is 31.4 Å². The Hall–Kier alpha value is -8.05. The molecule has 0 saturated carbocycles. The summed E-state index contributed by atoms with van der Waals surface area (Å²) < 4.78 is 0. The number of Topliss-reactive ketones (excluding diaryl/α,β-unsaturated/α-hetero) is 15. The maximum atomic E-state index is 12.9. The standard InChI is InChI=1S/C30H53N3O6.C22H40N2O4.C22H42N2O3.C21H38N2O4.C18H26O2/c1-17(2)25(34)14-11-23(29(38)19(5)6)32-27(36)16-13-24(30(39)20(7)8)33-26(35)15-12-22(31-21(9)10)28(37)18(3)4;1-13(2)19(25)11-9-18(22(28)15(5)6)24-20(26)12-10-17(23-16(7)8)21(27)14(3)4;1-15(2)20(25)13-24(14-21(26)16(3)4)19(22(27)17(5)6)11-9-10-12-23-18(7)8;1-14(2)18(24)11-22(12-19(25)15(3)4)9-10-23(21(27)17(7)8)13-20(26)16(5)6;1-11(2)7-14-8-15(17(19)12(3)4)10-16(9-14)18(20)13(5)6/h17-24,31H,11-16H2,1-10H3,(H,32,36)(H,33,35);13-18,23H,9-12H2,1-8H3,(H,24,26);15-19,23H,9-14H2,1-8H3;14-17H,9-13H2,1-8H3;8-13H,7H2,1-6H3. The van der Waals surface area contributed by atoms with Crippen LogP contribution >= 0.6 is 0 Å². The molecule has 1 rings (SSSR count). The van der Waals surface area contributed by atoms with Gasteiger partial charge in [-0.15, -0.1) is 0 Å². The van der Waals surface area contributed by atoms with Crippen molar-refractivity contribution in [1.82, 2.24) is 46.6 Å². The van der Waals surface area contributed by atoms with Gasteiger partial charge < -0.3 is 36.8 Å². The smallest absolute Gasteiger partial charge is 0.225 e. The highest BCUT2D eigenvalue weighted by atomic mass is 16.2. The van der Waals surface area contributed by atoms with Gasteiger partial charge in [0.25, 0.3) is 0 Å². The minimum Gasteiger partial charge on any atom is -0.346 e. The van der Waals surface area contributed by atoms with Gasteiger partial charge in [-0.25, -0.2) is 0 Å². The van der Waals surface area contributed by atoms with Crippen LogP contribution in [0.5, 0.6) is 0 Å². The second kappa shape index (κ2) is 73.1. The summed E-state index contributed by atoms with van der Waals surface area (Å²) in [6.45, 7) is 77.2. The van der Waals surface area contributed by atoms with Crippen molar-refractivity contribution in [2.24, 2.45) is 101 Å². The first-order valence-corrected chi connectivity index (χ1v) is 52.9. The van der Waals surface area contributed by atoms with E-state index in [1.54, 1.807) is 85.1 Å². The Morgan fingerprint density at radius 1 is 0.262 bits per heavy atom. The van der Waals surface area contributed by atoms with E-state index >= 15 is 0 Å². The van der Waals surface area contributed by atoms with Crippen molar-refractivity contribution in [3.8, 4) is 0 Å². The number of unbranched alkanes of at least 4 members (excludes halogenated alkanes) is 1. The van der Waals surface area contributed by atoms with E-state index in [1.165, 1.54) is 0 Å². The van der Waals surface area contributed by atoms with Gasteiger partial charge in [-0.1, -0.05) is 283 Å². The average Bonchev–Trinajstić information content (AvgIpc) is 0.819. The van der Waals surface area contributed by atoms with Crippen molar-refractivity contribution >= 4 is 110 Å². The van der Waals surface area contributed by atoms with Gasteiger partial charge in [0.1, 0.15) is 34.7 Å². The zero-order valence-corrected chi connectivity index (χ0v) is 95.4. The number of rotatable bonds is 68. The number of hydrogen-bond acceptors (Lipinski definition) is 24. The van der Waals surface area contributed by atoms with E-state index in [0.29, 0.717) is 61.9 Å². The van der Waals surface area contributed by atoms with Crippen molar-refractivity contribution in [3.63, 3.8) is 0 Å². The molecule has 0 aromatic heterocycles. The van der Waals surface area contributed by atoms with Crippen LogP contribution in [0, 0.1) is 101 Å². The molecule has 1 aromatic carbocycles. The SMILES string of the molecule is CC(C)C(=O)CN(CCN(CC(=O)C(C)C)C(=O)C(C)C)CC(=O)C(C)C.CC(C)Cc1cc(C(=O)C(C)C)cc(C(=O)C(C)C)c1.CC(C)NC(CCC(=O)NC(CCC(=O)C(C)C)C(=O)C(C)C)C(=O)C(C)C.CC(C)NC(CCC(=O)NC(CCC(=O)NC(CCC(=O)C(C)C)C(=O)C(C)C)C(=O)C(C)C)C(=O)C(C)C.CC(C)NCCCCC(C(=O)C(C)C)N(CC(=O)C(C)C)CC(=O)C(C)C. The van der Waals surface area contributed by atoms with Gasteiger partial charge in [0.2, 0.25) is 23.6 Å². The van der Waals surface area contributed by atoms with Gasteiger partial charge in [-0.3, -0.25) is 101 Å². The van der Waals surface area contributed by atoms with Crippen LogP contribution < -0.4 is 31.9 Å². The van der Waals surface area contributed by atoms with E-state index < -0.39 is 30.1 Å². The number of hydrogen-bond donors (Lipinski definition) is 6. The van der Waals surface area contributed by atoms with E-state index in [-0.39, 0.29) is 301 Å². The first-order valence-electron chi connectivity index (χ1n) is 52.9. The monoisotopic (exact) mass is 1990 g/mol. The molecule has 6 unspecified atom stereocenters. The molecule has 1 aromatic rings. The summed E-state index contributed by atoms with van der Waals surface area (Å²) in [7, 11) is 0. The van der Waals surface area contributed by atoms with Crippen LogP contribution in [0.15, 0.2) is 18.2 Å². The Bertz CT molecular complexity index is 3960. The lowest BCUT2D eigenvalue weighted by Gasteiger charge is -2.32. The normalized spacial score (nSPS) is 13.0. The average molecular weight is 1990 g/mol. The summed E-state index contributed by atoms with van der Waals surface area (Å²) in [6, 6.07) is 2.79. The Balaban J connectivity index is -0.000000845. The number of carbonyl (C=O) groups is 19. The highest BCUT2D eigenvalue weighted by Gasteiger charge is 2.35. The van der Waals surface area contributed by atoms with Gasteiger partial charge in [0.05, 0.1) is 69.0 Å². The summed E-state index contributed by atoms with van der Waals surface area (Å²) >= 11 is 0. The highest BCUT2D eigenvalue weighted by Crippen LogP contribution is 2.24. The number of nitrogens with one attached hydrogen (secondary N) is 6. The fourth-order valence-electron chi connectivity index (χ4n) is 14.4. The maximum Gasteiger partial charge on any atom is 0.225 e. The van der Waals surface area contributed by atoms with Crippen molar-refractivity contribution in [2.45, 2.75) is 421 Å². The fourth-order valence-corrected chi connectivity index (χ4v) is 14.4. The molecule has 0 radical (unpaired) electrons. The maximum absolute atomic E-state index is 12.9. The molecule has 28 heteroatoms. The van der Waals surface area contributed by atoms with Crippen molar-refractivity contribution in [1.29, 1.82) is 0 Å². The zero-order chi connectivity index (χ0) is 110. The molecule has 4 amide bonds. The molecular weight excluding hydrogens is 1790 g/mol. The van der Waals surface area contributed by atoms with E-state index in [9.17, 15) is 91.1 Å². The van der Waals surface area contributed by atoms with Gasteiger partial charge in [-0.05, 0) is 87.6 Å². The quantitative estimate of drug-likeness (QED) is 0.0260. The fraction of sp³-hybridized carbons (Fsp3) is 0.779. The molecule has 28 nitrogen and oxygen atoms in total. The third-order valence-corrected chi connectivity index (χ3v) is 23.8. The van der Waals surface area contributed by atoms with Gasteiger partial charge in [0, 0.05) is 169 Å². The zero-order valence-electron chi connectivity index (χ0n) is 95.4. The minimum absolute atomic E-state index is 0.00654. The van der Waals surface area contributed by atoms with Crippen LogP contribution in [-0.4, -0.2) is 232 Å². The molecular formula is C113H199N9O19. The Morgan fingerprint density at radius 2 is 0.546 bits per heavy atom. The second-order valence-electron chi connectivity index (χ2n) is 44.7. The lowest BCUT2D eigenvalue weighted by atomic mass is 9.91. The Labute approximate surface area is 852 Å². The molecule has 141 heavy (non-hydrogen) atoms. The molecule has 0 spiro atoms. The lowest BCUT2D eigenvalue weighted by molar-refractivity contribution is -0.139. The molecule has 0 aliphatic heterocycles. The summed E-state index contributed by atoms with van der Waals surface area (Å²) in [5.74, 6) is -2.61. The summed E-state index contributed by atoms with van der Waals surface area (Å²) in [5.41, 5.74) is 2.42. The van der Waals surface area contributed by atoms with Crippen LogP contribution in [0.3, 0.4) is 0 Å². The van der Waals surface area contributed by atoms with E-state index in [4.69, 9.17) is 0 Å². The number of benzene rings is 1. The Kier molecular flexibility index (Phi) is 72.2. The van der Waals surface area contributed by atoms with Crippen molar-refractivity contribution in [2.75, 3.05) is 52.4 Å². The number of nitrogens with zero attached hydrogens (tertiary/aromatic N) is 3. The van der Waals surface area contributed by atoms with E-state index in [1.807, 2.05) is 197 Å². The third kappa shape index (κ3) is 61.8. The molecule has 0 bridgehead atoms. The summed E-state index contributed by atoms with van der Waals surface area (Å²) in [6.07, 6.45) is 5.38. The Morgan fingerprint density at radius 3 is 0.816 bits per heavy atom. The van der Waals surface area contributed by atoms with Crippen LogP contribution in [0.25, 0.3) is 0 Å². The molecule has 0 aliphatic carbocycles. The predicted molar refractivity (Wildman–Crippen MR) is 568 cm³/mol. The number of carbonyl (C=O) groups excluding carboxylic acids is 19. The first-order chi connectivity index (χ1) is 64.9. The van der Waals surface area contributed by atoms with Crippen LogP contribution in [0.2, 0.25) is 0 Å². The van der Waals surface area contributed by atoms with Crippen LogP contribution in [0.1, 0.15) is 387 Å². The molecule has 6 atom stereocenters. The summed E-state index contributed by atoms with van der Waals surface area (Å²) in [5, 5.41) is 18.1. The second-order valence-corrected chi connectivity index (χ2v) is 44.7. The predicted octanol–water partition coefficient (Wildman–Crippen LogP) is 17.1. The third-order valence-electron chi connectivity index (χ3n) is 23.8.